The van der Waals surface area contributed by atoms with Crippen molar-refractivity contribution in [3.05, 3.63) is 177 Å². The Kier molecular flexibility index (Phi) is 13.2. The second kappa shape index (κ2) is 17.9. The van der Waals surface area contributed by atoms with Gasteiger partial charge in [0.25, 0.3) is 0 Å². The fraction of sp³-hybridized carbons (Fsp3) is 0.122. The minimum atomic E-state index is -4.92. The van der Waals surface area contributed by atoms with Gasteiger partial charge in [-0.25, -0.2) is 4.57 Å². The van der Waals surface area contributed by atoms with Crippen LogP contribution in [0.15, 0.2) is 155 Å². The average molecular weight is 867 g/mol. The number of hydrogen-bond acceptors (Lipinski definition) is 5. The molecule has 0 saturated heterocycles. The molecule has 0 spiro atoms. The van der Waals surface area contributed by atoms with E-state index in [1.54, 1.807) is 59.9 Å². The van der Waals surface area contributed by atoms with Crippen molar-refractivity contribution in [1.82, 2.24) is 0 Å². The third kappa shape index (κ3) is 9.97. The molecule has 0 bridgehead atoms. The van der Waals surface area contributed by atoms with E-state index in [1.165, 1.54) is 33.4 Å². The molecule has 0 aromatic heterocycles. The van der Waals surface area contributed by atoms with Gasteiger partial charge in [-0.05, 0) is 101 Å². The number of thioether (sulfide) groups is 2. The number of hydrogen-bond donors (Lipinski definition) is 0. The molecule has 6 aromatic rings. The number of rotatable bonds is 15. The first-order valence-corrected chi connectivity index (χ1v) is 21.6. The molecular weight excluding hydrogens is 833 g/mol. The van der Waals surface area contributed by atoms with E-state index >= 15 is 0 Å². The monoisotopic (exact) mass is 864 g/mol. The molecule has 0 unspecified atom stereocenters. The fourth-order valence-corrected chi connectivity index (χ4v) is 9.74. The maximum atomic E-state index is 14.3. The molecule has 0 saturated carbocycles. The molecular formula is C41H33Br2F2O3PS2. The molecule has 0 atom stereocenters. The Balaban J connectivity index is 1.06. The first-order valence-electron chi connectivity index (χ1n) is 16.0. The molecule has 0 fully saturated rings. The summed E-state index contributed by atoms with van der Waals surface area (Å²) >= 11 is 10.3. The van der Waals surface area contributed by atoms with Crippen LogP contribution in [0.1, 0.15) is 22.3 Å². The van der Waals surface area contributed by atoms with Crippen molar-refractivity contribution in [2.75, 3.05) is 0 Å². The lowest BCUT2D eigenvalue weighted by molar-refractivity contribution is 0.191. The second-order valence-corrected chi connectivity index (χ2v) is 17.1. The molecule has 0 aliphatic rings. The van der Waals surface area contributed by atoms with Gasteiger partial charge in [0, 0.05) is 23.0 Å². The van der Waals surface area contributed by atoms with E-state index in [9.17, 15) is 13.3 Å². The molecule has 6 rings (SSSR count). The fourth-order valence-electron chi connectivity index (χ4n) is 5.44. The predicted molar refractivity (Wildman–Crippen MR) is 217 cm³/mol. The molecule has 0 aliphatic carbocycles. The van der Waals surface area contributed by atoms with Gasteiger partial charge in [-0.3, -0.25) is 0 Å². The summed E-state index contributed by atoms with van der Waals surface area (Å²) in [6.45, 7) is 0. The van der Waals surface area contributed by atoms with Crippen molar-refractivity contribution in [3.8, 4) is 33.8 Å². The van der Waals surface area contributed by atoms with E-state index in [2.05, 4.69) is 80.4 Å². The van der Waals surface area contributed by atoms with E-state index in [4.69, 9.17) is 9.05 Å². The molecule has 0 amide bonds. The van der Waals surface area contributed by atoms with Gasteiger partial charge in [-0.2, -0.15) is 32.3 Å². The van der Waals surface area contributed by atoms with Crippen LogP contribution in [0, 0.1) is 0 Å². The average Bonchev–Trinajstić information content (AvgIpc) is 3.15. The minimum absolute atomic E-state index is 0.0155. The first-order chi connectivity index (χ1) is 24.8. The molecule has 3 nitrogen and oxygen atoms in total. The molecule has 0 heterocycles. The summed E-state index contributed by atoms with van der Waals surface area (Å²) in [6, 6.07) is 47.4. The lowest BCUT2D eigenvalue weighted by atomic mass is 10.0. The van der Waals surface area contributed by atoms with Gasteiger partial charge in [0.2, 0.25) is 0 Å². The Hall–Kier alpha value is -3.33. The number of alkyl halides is 2. The summed E-state index contributed by atoms with van der Waals surface area (Å²) in [5.74, 6) is 2.99. The van der Waals surface area contributed by atoms with E-state index < -0.39 is 13.8 Å². The van der Waals surface area contributed by atoms with Gasteiger partial charge in [-0.1, -0.05) is 121 Å². The van der Waals surface area contributed by atoms with Crippen molar-refractivity contribution in [3.63, 3.8) is 0 Å². The van der Waals surface area contributed by atoms with Crippen molar-refractivity contribution < 1.29 is 22.4 Å². The Morgan fingerprint density at radius 3 is 1.31 bits per heavy atom. The molecule has 6 aromatic carbocycles. The van der Waals surface area contributed by atoms with Crippen LogP contribution in [0.3, 0.4) is 0 Å². The summed E-state index contributed by atoms with van der Waals surface area (Å²) in [6.07, 6.45) is -3.36. The highest BCUT2D eigenvalue weighted by molar-refractivity contribution is 9.11. The predicted octanol–water partition coefficient (Wildman–Crippen LogP) is 14.3. The van der Waals surface area contributed by atoms with Crippen molar-refractivity contribution in [1.29, 1.82) is 0 Å². The Labute approximate surface area is 323 Å². The van der Waals surface area contributed by atoms with Crippen LogP contribution < -0.4 is 9.05 Å². The maximum Gasteiger partial charge on any atom is 0.497 e. The summed E-state index contributed by atoms with van der Waals surface area (Å²) in [5, 5.41) is 0. The van der Waals surface area contributed by atoms with Gasteiger partial charge in [0.1, 0.15) is 11.5 Å². The Bertz CT molecular complexity index is 1980. The first kappa shape index (κ1) is 37.4. The quantitative estimate of drug-likeness (QED) is 0.0961. The van der Waals surface area contributed by atoms with Crippen LogP contribution in [0.25, 0.3) is 22.3 Å². The van der Waals surface area contributed by atoms with E-state index in [0.717, 1.165) is 22.6 Å². The van der Waals surface area contributed by atoms with Crippen molar-refractivity contribution >= 4 is 63.0 Å². The SMILES string of the molecule is O=P(Oc1ccc(CSCc2ccccc2-c2ccccc2)cc1Br)(Oc1ccc(CSCc2ccccc2-c2ccccc2)cc1Br)C(F)F. The Morgan fingerprint density at radius 2 is 0.922 bits per heavy atom. The van der Waals surface area contributed by atoms with Gasteiger partial charge >= 0.3 is 13.8 Å². The van der Waals surface area contributed by atoms with Gasteiger partial charge in [-0.15, -0.1) is 0 Å². The molecule has 0 N–H and O–H groups in total. The highest BCUT2D eigenvalue weighted by atomic mass is 79.9. The summed E-state index contributed by atoms with van der Waals surface area (Å²) in [4.78, 5) is 0. The van der Waals surface area contributed by atoms with Crippen LogP contribution in [0.5, 0.6) is 11.5 Å². The molecule has 0 radical (unpaired) electrons. The molecule has 51 heavy (non-hydrogen) atoms. The van der Waals surface area contributed by atoms with Gasteiger partial charge in [0.15, 0.2) is 0 Å². The van der Waals surface area contributed by atoms with Crippen molar-refractivity contribution in [2.45, 2.75) is 29.2 Å². The molecule has 0 aliphatic heterocycles. The largest absolute Gasteiger partial charge is 0.497 e. The summed E-state index contributed by atoms with van der Waals surface area (Å²) < 4.78 is 53.7. The van der Waals surface area contributed by atoms with Gasteiger partial charge in [0.05, 0.1) is 8.95 Å². The zero-order valence-electron chi connectivity index (χ0n) is 27.3. The minimum Gasteiger partial charge on any atom is -0.411 e. The van der Waals surface area contributed by atoms with Crippen LogP contribution in [-0.2, 0) is 27.6 Å². The highest BCUT2D eigenvalue weighted by Crippen LogP contribution is 2.56. The van der Waals surface area contributed by atoms with Crippen LogP contribution in [0.4, 0.5) is 8.78 Å². The summed E-state index contributed by atoms with van der Waals surface area (Å²) in [7, 11) is -4.92. The third-order valence-electron chi connectivity index (χ3n) is 7.94. The third-order valence-corrected chi connectivity index (χ3v) is 12.7. The standard InChI is InChI=1S/C41H33Br2F2O3PS2/c42-37-23-29(25-50-27-33-15-7-9-17-35(33)31-11-3-1-4-12-31)19-21-39(37)47-49(46,41(44)45)48-40-22-20-30(24-38(40)43)26-51-28-34-16-8-10-18-36(34)32-13-5-2-6-14-32/h1-24,41H,25-28H2. The normalized spacial score (nSPS) is 11.5. The van der Waals surface area contributed by atoms with Crippen molar-refractivity contribution in [2.24, 2.45) is 0 Å². The summed E-state index contributed by atoms with van der Waals surface area (Å²) in [5.41, 5.74) is 9.10. The zero-order valence-corrected chi connectivity index (χ0v) is 33.0. The van der Waals surface area contributed by atoms with Crippen LogP contribution in [0.2, 0.25) is 0 Å². The van der Waals surface area contributed by atoms with E-state index in [1.807, 2.05) is 60.7 Å². The topological polar surface area (TPSA) is 35.5 Å². The Morgan fingerprint density at radius 1 is 0.529 bits per heavy atom. The number of halogens is 4. The van der Waals surface area contributed by atoms with Crippen LogP contribution in [-0.4, -0.2) is 6.17 Å². The molecule has 10 heteroatoms. The van der Waals surface area contributed by atoms with E-state index in [-0.39, 0.29) is 11.5 Å². The maximum absolute atomic E-state index is 14.3. The lowest BCUT2D eigenvalue weighted by Gasteiger charge is -2.21. The van der Waals surface area contributed by atoms with Crippen LogP contribution >= 0.6 is 63.0 Å². The molecule has 260 valence electrons. The smallest absolute Gasteiger partial charge is 0.411 e. The zero-order chi connectivity index (χ0) is 35.6. The lowest BCUT2D eigenvalue weighted by Crippen LogP contribution is -2.09. The van der Waals surface area contributed by atoms with Gasteiger partial charge < -0.3 is 9.05 Å². The highest BCUT2D eigenvalue weighted by Gasteiger charge is 2.41. The number of benzene rings is 6. The second-order valence-electron chi connectivity index (χ2n) is 11.6. The van der Waals surface area contributed by atoms with E-state index in [0.29, 0.717) is 20.5 Å².